The summed E-state index contributed by atoms with van der Waals surface area (Å²) in [5.41, 5.74) is 10.1. The zero-order chi connectivity index (χ0) is 11.7. The largest absolute Gasteiger partial charge is 0.318 e. The number of halogens is 1. The predicted octanol–water partition coefficient (Wildman–Crippen LogP) is 2.48. The second-order valence-corrected chi connectivity index (χ2v) is 5.21. The summed E-state index contributed by atoms with van der Waals surface area (Å²) in [5.74, 6) is 0. The number of aromatic nitrogens is 3. The number of nitrogens with two attached hydrogens (primary N) is 1. The smallest absolute Gasteiger partial charge is 0.0847 e. The van der Waals surface area contributed by atoms with Gasteiger partial charge in [0.25, 0.3) is 0 Å². The van der Waals surface area contributed by atoms with Crippen molar-refractivity contribution in [2.45, 2.75) is 26.4 Å². The van der Waals surface area contributed by atoms with Crippen molar-refractivity contribution in [1.29, 1.82) is 0 Å². The third-order valence-electron chi connectivity index (χ3n) is 2.49. The fraction of sp³-hybridized carbons (Fsp3) is 0.400. The zero-order valence-electron chi connectivity index (χ0n) is 9.14. The van der Waals surface area contributed by atoms with Gasteiger partial charge in [-0.15, -0.1) is 11.3 Å². The van der Waals surface area contributed by atoms with Crippen molar-refractivity contribution in [3.8, 4) is 0 Å². The highest BCUT2D eigenvalue weighted by Crippen LogP contribution is 2.30. The second kappa shape index (κ2) is 4.65. The van der Waals surface area contributed by atoms with Crippen LogP contribution in [0.5, 0.6) is 0 Å². The summed E-state index contributed by atoms with van der Waals surface area (Å²) in [4.78, 5) is 5.32. The van der Waals surface area contributed by atoms with Crippen LogP contribution in [0.3, 0.4) is 0 Å². The standard InChI is InChI=1S/C10H13BrN4S/c1-3-15-9(7(11)4-14-15)8(12)10-6(2)13-5-16-10/h4-5,8H,3,12H2,1-2H3. The monoisotopic (exact) mass is 300 g/mol. The minimum Gasteiger partial charge on any atom is -0.318 e. The van der Waals surface area contributed by atoms with E-state index in [9.17, 15) is 0 Å². The van der Waals surface area contributed by atoms with Gasteiger partial charge in [0.05, 0.1) is 38.5 Å². The van der Waals surface area contributed by atoms with Crippen LogP contribution >= 0.6 is 27.3 Å². The topological polar surface area (TPSA) is 56.7 Å². The third-order valence-corrected chi connectivity index (χ3v) is 4.12. The van der Waals surface area contributed by atoms with E-state index in [1.165, 1.54) is 0 Å². The van der Waals surface area contributed by atoms with Crippen LogP contribution in [-0.2, 0) is 6.54 Å². The lowest BCUT2D eigenvalue weighted by Gasteiger charge is -2.13. The number of thiazole rings is 1. The molecule has 2 aromatic heterocycles. The van der Waals surface area contributed by atoms with Crippen molar-refractivity contribution in [2.75, 3.05) is 0 Å². The van der Waals surface area contributed by atoms with Gasteiger partial charge in [0.2, 0.25) is 0 Å². The Morgan fingerprint density at radius 3 is 2.94 bits per heavy atom. The molecular weight excluding hydrogens is 288 g/mol. The first-order valence-electron chi connectivity index (χ1n) is 5.02. The summed E-state index contributed by atoms with van der Waals surface area (Å²) >= 11 is 5.08. The summed E-state index contributed by atoms with van der Waals surface area (Å²) in [6, 6.07) is -0.163. The molecule has 1 unspecified atom stereocenters. The highest BCUT2D eigenvalue weighted by molar-refractivity contribution is 9.10. The van der Waals surface area contributed by atoms with E-state index in [-0.39, 0.29) is 6.04 Å². The van der Waals surface area contributed by atoms with Crippen LogP contribution in [0.2, 0.25) is 0 Å². The molecule has 2 heterocycles. The molecule has 86 valence electrons. The van der Waals surface area contributed by atoms with E-state index >= 15 is 0 Å². The molecule has 0 radical (unpaired) electrons. The number of hydrogen-bond acceptors (Lipinski definition) is 4. The Morgan fingerprint density at radius 2 is 2.38 bits per heavy atom. The predicted molar refractivity (Wildman–Crippen MR) is 68.5 cm³/mol. The Kier molecular flexibility index (Phi) is 3.41. The average molecular weight is 301 g/mol. The van der Waals surface area contributed by atoms with Gasteiger partial charge in [0.15, 0.2) is 0 Å². The summed E-state index contributed by atoms with van der Waals surface area (Å²) in [6.07, 6.45) is 1.79. The van der Waals surface area contributed by atoms with Crippen LogP contribution in [0, 0.1) is 6.92 Å². The Hall–Kier alpha value is -0.720. The van der Waals surface area contributed by atoms with Gasteiger partial charge in [-0.25, -0.2) is 4.98 Å². The molecule has 16 heavy (non-hydrogen) atoms. The number of hydrogen-bond donors (Lipinski definition) is 1. The molecule has 0 bridgehead atoms. The molecule has 0 spiro atoms. The molecule has 0 amide bonds. The highest BCUT2D eigenvalue weighted by atomic mass is 79.9. The van der Waals surface area contributed by atoms with Gasteiger partial charge in [-0.05, 0) is 29.8 Å². The first-order valence-corrected chi connectivity index (χ1v) is 6.69. The molecule has 0 aliphatic heterocycles. The Bertz CT molecular complexity index is 491. The zero-order valence-corrected chi connectivity index (χ0v) is 11.5. The molecular formula is C10H13BrN4S. The van der Waals surface area contributed by atoms with Gasteiger partial charge >= 0.3 is 0 Å². The fourth-order valence-electron chi connectivity index (χ4n) is 1.67. The summed E-state index contributed by atoms with van der Waals surface area (Å²) in [5, 5.41) is 4.27. The lowest BCUT2D eigenvalue weighted by Crippen LogP contribution is -2.17. The fourth-order valence-corrected chi connectivity index (χ4v) is 3.02. The van der Waals surface area contributed by atoms with E-state index in [1.807, 2.05) is 17.1 Å². The van der Waals surface area contributed by atoms with E-state index in [4.69, 9.17) is 5.73 Å². The number of nitrogens with zero attached hydrogens (tertiary/aromatic N) is 3. The SMILES string of the molecule is CCn1ncc(Br)c1C(N)c1scnc1C. The van der Waals surface area contributed by atoms with Crippen LogP contribution in [0.1, 0.15) is 29.2 Å². The van der Waals surface area contributed by atoms with Crippen molar-refractivity contribution in [3.05, 3.63) is 32.4 Å². The molecule has 0 aliphatic rings. The normalized spacial score (nSPS) is 13.0. The van der Waals surface area contributed by atoms with Gasteiger partial charge < -0.3 is 5.73 Å². The van der Waals surface area contributed by atoms with Crippen molar-refractivity contribution in [1.82, 2.24) is 14.8 Å². The third kappa shape index (κ3) is 1.92. The summed E-state index contributed by atoms with van der Waals surface area (Å²) in [7, 11) is 0. The number of aryl methyl sites for hydroxylation is 2. The van der Waals surface area contributed by atoms with Gasteiger partial charge in [0, 0.05) is 6.54 Å². The van der Waals surface area contributed by atoms with Crippen LogP contribution in [-0.4, -0.2) is 14.8 Å². The molecule has 6 heteroatoms. The van der Waals surface area contributed by atoms with Crippen molar-refractivity contribution < 1.29 is 0 Å². The first-order chi connectivity index (χ1) is 7.65. The van der Waals surface area contributed by atoms with Crippen molar-refractivity contribution in [3.63, 3.8) is 0 Å². The summed E-state index contributed by atoms with van der Waals surface area (Å²) < 4.78 is 2.86. The number of rotatable bonds is 3. The maximum Gasteiger partial charge on any atom is 0.0847 e. The van der Waals surface area contributed by atoms with E-state index in [0.29, 0.717) is 0 Å². The molecule has 0 saturated heterocycles. The van der Waals surface area contributed by atoms with Crippen LogP contribution in [0.25, 0.3) is 0 Å². The van der Waals surface area contributed by atoms with Crippen molar-refractivity contribution >= 4 is 27.3 Å². The maximum atomic E-state index is 6.26. The Morgan fingerprint density at radius 1 is 1.62 bits per heavy atom. The second-order valence-electron chi connectivity index (χ2n) is 3.47. The van der Waals surface area contributed by atoms with Gasteiger partial charge in [0.1, 0.15) is 0 Å². The van der Waals surface area contributed by atoms with Gasteiger partial charge in [-0.1, -0.05) is 0 Å². The Labute approximate surface area is 107 Å². The van der Waals surface area contributed by atoms with Crippen LogP contribution < -0.4 is 5.73 Å². The van der Waals surface area contributed by atoms with E-state index in [1.54, 1.807) is 17.5 Å². The molecule has 4 nitrogen and oxygen atoms in total. The quantitative estimate of drug-likeness (QED) is 0.947. The lowest BCUT2D eigenvalue weighted by molar-refractivity contribution is 0.601. The van der Waals surface area contributed by atoms with E-state index in [0.717, 1.165) is 27.3 Å². The maximum absolute atomic E-state index is 6.26. The van der Waals surface area contributed by atoms with Gasteiger partial charge in [-0.2, -0.15) is 5.10 Å². The molecule has 2 aromatic rings. The summed E-state index contributed by atoms with van der Waals surface area (Å²) in [6.45, 7) is 4.84. The minimum absolute atomic E-state index is 0.163. The van der Waals surface area contributed by atoms with Crippen molar-refractivity contribution in [2.24, 2.45) is 5.73 Å². The molecule has 0 saturated carbocycles. The van der Waals surface area contributed by atoms with Gasteiger partial charge in [-0.3, -0.25) is 4.68 Å². The molecule has 2 N–H and O–H groups in total. The molecule has 0 aliphatic carbocycles. The Balaban J connectivity index is 2.44. The van der Waals surface area contributed by atoms with Crippen LogP contribution in [0.4, 0.5) is 0 Å². The minimum atomic E-state index is -0.163. The molecule has 0 aromatic carbocycles. The lowest BCUT2D eigenvalue weighted by atomic mass is 10.1. The highest BCUT2D eigenvalue weighted by Gasteiger charge is 2.20. The molecule has 2 rings (SSSR count). The average Bonchev–Trinajstić information content (AvgIpc) is 2.83. The van der Waals surface area contributed by atoms with Crippen LogP contribution in [0.15, 0.2) is 16.2 Å². The molecule has 1 atom stereocenters. The first kappa shape index (κ1) is 11.8. The van der Waals surface area contributed by atoms with E-state index < -0.39 is 0 Å². The molecule has 0 fully saturated rings. The van der Waals surface area contributed by atoms with E-state index in [2.05, 4.69) is 32.9 Å².